The molecule has 0 radical (unpaired) electrons. The number of hydrogen-bond donors (Lipinski definition) is 0. The number of nitrogens with zero attached hydrogens (tertiary/aromatic N) is 3. The zero-order valence-corrected chi connectivity index (χ0v) is 18.7. The van der Waals surface area contributed by atoms with Gasteiger partial charge >= 0.3 is 0 Å². The van der Waals surface area contributed by atoms with E-state index in [9.17, 15) is 14.9 Å². The number of carbonyl (C=O) groups is 1. The Bertz CT molecular complexity index is 1410. The van der Waals surface area contributed by atoms with Crippen LogP contribution in [0, 0.1) is 16.7 Å². The number of benzene rings is 1. The standard InChI is InChI=1S/C24H21N3O4S/c1-24(2,3)21(28)17(14-25)23-27(16-4-5-18-19(13-16)31-11-10-30-18)22(29)20(32-23)12-15-6-8-26-9-7-15/h4-9,12-13H,10-11H2,1-3H3. The average Bonchev–Trinajstić information content (AvgIpc) is 3.09. The van der Waals surface area contributed by atoms with E-state index in [0.717, 1.165) is 16.9 Å². The number of pyridine rings is 1. The van der Waals surface area contributed by atoms with Crippen molar-refractivity contribution in [3.8, 4) is 23.3 Å². The molecule has 0 amide bonds. The predicted molar refractivity (Wildman–Crippen MR) is 121 cm³/mol. The molecule has 0 unspecified atom stereocenters. The van der Waals surface area contributed by atoms with E-state index in [0.29, 0.717) is 34.9 Å². The first-order valence-corrected chi connectivity index (χ1v) is 10.8. The molecule has 0 N–H and O–H groups in total. The summed E-state index contributed by atoms with van der Waals surface area (Å²) in [5.41, 5.74) is 0.128. The molecule has 1 aliphatic rings. The average molecular weight is 448 g/mol. The maximum atomic E-state index is 13.5. The zero-order valence-electron chi connectivity index (χ0n) is 17.9. The summed E-state index contributed by atoms with van der Waals surface area (Å²) in [5, 5.41) is 9.89. The molecule has 0 fully saturated rings. The summed E-state index contributed by atoms with van der Waals surface area (Å²) >= 11 is 1.11. The monoisotopic (exact) mass is 447 g/mol. The fourth-order valence-corrected chi connectivity index (χ4v) is 4.34. The van der Waals surface area contributed by atoms with Crippen LogP contribution in [0.2, 0.25) is 0 Å². The van der Waals surface area contributed by atoms with Crippen molar-refractivity contribution >= 4 is 28.8 Å². The summed E-state index contributed by atoms with van der Waals surface area (Å²) in [7, 11) is 0. The van der Waals surface area contributed by atoms with Crippen LogP contribution in [-0.2, 0) is 4.79 Å². The second-order valence-corrected chi connectivity index (χ2v) is 9.26. The van der Waals surface area contributed by atoms with E-state index in [1.54, 1.807) is 69.6 Å². The third kappa shape index (κ3) is 4.07. The third-order valence-electron chi connectivity index (χ3n) is 4.85. The van der Waals surface area contributed by atoms with Crippen molar-refractivity contribution in [2.45, 2.75) is 20.8 Å². The van der Waals surface area contributed by atoms with Crippen LogP contribution in [0.25, 0.3) is 17.3 Å². The lowest BCUT2D eigenvalue weighted by atomic mass is 9.87. The molecule has 2 aromatic heterocycles. The topological polar surface area (TPSA) is 94.2 Å². The first-order chi connectivity index (χ1) is 15.3. The van der Waals surface area contributed by atoms with Crippen molar-refractivity contribution in [3.63, 3.8) is 0 Å². The summed E-state index contributed by atoms with van der Waals surface area (Å²) in [5.74, 6) is 0.768. The lowest BCUT2D eigenvalue weighted by Gasteiger charge is -2.19. The van der Waals surface area contributed by atoms with Crippen LogP contribution in [0.1, 0.15) is 26.3 Å². The molecule has 8 heteroatoms. The normalized spacial score (nSPS) is 14.6. The number of hydrogen-bond acceptors (Lipinski definition) is 7. The van der Waals surface area contributed by atoms with Crippen molar-refractivity contribution in [1.82, 2.24) is 9.55 Å². The molecule has 4 rings (SSSR count). The molecule has 0 aliphatic carbocycles. The van der Waals surface area contributed by atoms with Gasteiger partial charge in [-0.05, 0) is 35.9 Å². The third-order valence-corrected chi connectivity index (χ3v) is 5.94. The maximum Gasteiger partial charge on any atom is 0.273 e. The summed E-state index contributed by atoms with van der Waals surface area (Å²) in [6, 6.07) is 10.7. The van der Waals surface area contributed by atoms with Gasteiger partial charge in [-0.1, -0.05) is 20.8 Å². The fourth-order valence-electron chi connectivity index (χ4n) is 3.24. The molecule has 162 valence electrons. The number of rotatable bonds is 3. The molecular formula is C24H21N3O4S. The van der Waals surface area contributed by atoms with Crippen molar-refractivity contribution in [1.29, 1.82) is 5.26 Å². The van der Waals surface area contributed by atoms with Gasteiger partial charge in [0.2, 0.25) is 0 Å². The summed E-state index contributed by atoms with van der Waals surface area (Å²) in [6.07, 6.45) is 4.99. The Morgan fingerprint density at radius 1 is 1.16 bits per heavy atom. The molecule has 1 aromatic carbocycles. The number of nitriles is 1. The van der Waals surface area contributed by atoms with Gasteiger partial charge in [-0.15, -0.1) is 11.3 Å². The molecule has 0 spiro atoms. The highest BCUT2D eigenvalue weighted by Crippen LogP contribution is 2.31. The van der Waals surface area contributed by atoms with Gasteiger partial charge < -0.3 is 9.47 Å². The Balaban J connectivity index is 2.06. The van der Waals surface area contributed by atoms with E-state index >= 15 is 0 Å². The van der Waals surface area contributed by atoms with Gasteiger partial charge in [0, 0.05) is 23.9 Å². The van der Waals surface area contributed by atoms with Crippen LogP contribution >= 0.6 is 11.3 Å². The molecule has 3 aromatic rings. The Morgan fingerprint density at radius 2 is 1.84 bits per heavy atom. The number of ether oxygens (including phenoxy) is 2. The number of ketones is 1. The Hall–Kier alpha value is -3.70. The van der Waals surface area contributed by atoms with E-state index in [1.807, 2.05) is 6.07 Å². The summed E-state index contributed by atoms with van der Waals surface area (Å²) in [6.45, 7) is 6.10. The second kappa shape index (κ2) is 8.44. The van der Waals surface area contributed by atoms with Gasteiger partial charge in [0.05, 0.1) is 10.2 Å². The minimum atomic E-state index is -0.780. The number of Topliss-reactive ketones (excluding diaryl/α,β-unsaturated/α-hetero) is 1. The van der Waals surface area contributed by atoms with E-state index < -0.39 is 5.41 Å². The largest absolute Gasteiger partial charge is 0.486 e. The highest BCUT2D eigenvalue weighted by atomic mass is 32.1. The van der Waals surface area contributed by atoms with Crippen LogP contribution in [-0.4, -0.2) is 28.5 Å². The van der Waals surface area contributed by atoms with Crippen LogP contribution in [0.3, 0.4) is 0 Å². The molecule has 0 saturated heterocycles. The van der Waals surface area contributed by atoms with E-state index in [4.69, 9.17) is 9.47 Å². The lowest BCUT2D eigenvalue weighted by Crippen LogP contribution is -2.33. The molecule has 0 bridgehead atoms. The van der Waals surface area contributed by atoms with Gasteiger partial charge in [0.25, 0.3) is 5.56 Å². The quantitative estimate of drug-likeness (QED) is 0.611. The minimum Gasteiger partial charge on any atom is -0.486 e. The molecule has 7 nitrogen and oxygen atoms in total. The number of fused-ring (bicyclic) bond motifs is 1. The Morgan fingerprint density at radius 3 is 2.50 bits per heavy atom. The van der Waals surface area contributed by atoms with Gasteiger partial charge in [-0.2, -0.15) is 5.26 Å². The summed E-state index contributed by atoms with van der Waals surface area (Å²) in [4.78, 5) is 30.5. The van der Waals surface area contributed by atoms with Gasteiger partial charge in [-0.3, -0.25) is 19.1 Å². The predicted octanol–water partition coefficient (Wildman–Crippen LogP) is 2.18. The van der Waals surface area contributed by atoms with Gasteiger partial charge in [0.1, 0.15) is 29.5 Å². The van der Waals surface area contributed by atoms with E-state index in [1.165, 1.54) is 4.57 Å². The van der Waals surface area contributed by atoms with Crippen molar-refractivity contribution in [2.75, 3.05) is 13.2 Å². The molecule has 0 atom stereocenters. The fraction of sp³-hybridized carbons (Fsp3) is 0.250. The Labute approximate surface area is 188 Å². The highest BCUT2D eigenvalue weighted by molar-refractivity contribution is 7.07. The van der Waals surface area contributed by atoms with Crippen molar-refractivity contribution in [2.24, 2.45) is 5.41 Å². The van der Waals surface area contributed by atoms with Gasteiger partial charge in [-0.25, -0.2) is 0 Å². The van der Waals surface area contributed by atoms with Gasteiger partial charge in [0.15, 0.2) is 17.3 Å². The van der Waals surface area contributed by atoms with E-state index in [2.05, 4.69) is 4.98 Å². The molecule has 1 aliphatic heterocycles. The lowest BCUT2D eigenvalue weighted by molar-refractivity contribution is -0.120. The van der Waals surface area contributed by atoms with Crippen molar-refractivity contribution < 1.29 is 14.3 Å². The van der Waals surface area contributed by atoms with Crippen LogP contribution < -0.4 is 24.2 Å². The minimum absolute atomic E-state index is 0.0520. The van der Waals surface area contributed by atoms with Crippen LogP contribution in [0.5, 0.6) is 11.5 Å². The molecule has 3 heterocycles. The molecule has 0 saturated carbocycles. The smallest absolute Gasteiger partial charge is 0.273 e. The first kappa shape index (κ1) is 21.5. The summed E-state index contributed by atoms with van der Waals surface area (Å²) < 4.78 is 13.3. The first-order valence-electron chi connectivity index (χ1n) is 10.0. The SMILES string of the molecule is CC(C)(C)C(=O)C(C#N)=c1sc(=Cc2ccncc2)c(=O)n1-c1ccc2c(c1)OCCO2. The zero-order chi connectivity index (χ0) is 22.9. The molecule has 32 heavy (non-hydrogen) atoms. The van der Waals surface area contributed by atoms with E-state index in [-0.39, 0.29) is 21.6 Å². The number of aromatic nitrogens is 2. The van der Waals surface area contributed by atoms with Crippen LogP contribution in [0.4, 0.5) is 0 Å². The Kier molecular flexibility index (Phi) is 5.68. The number of thiazole rings is 1. The molecular weight excluding hydrogens is 426 g/mol. The maximum absolute atomic E-state index is 13.5. The van der Waals surface area contributed by atoms with Crippen molar-refractivity contribution in [3.05, 3.63) is 67.8 Å². The second-order valence-electron chi connectivity index (χ2n) is 8.23. The number of carbonyl (C=O) groups excluding carboxylic acids is 1. The highest BCUT2D eigenvalue weighted by Gasteiger charge is 2.28. The van der Waals surface area contributed by atoms with Crippen LogP contribution in [0.15, 0.2) is 47.5 Å².